The minimum Gasteiger partial charge on any atom is -0.481 e. The maximum atomic E-state index is 10.7. The molecule has 2 heterocycles. The summed E-state index contributed by atoms with van der Waals surface area (Å²) in [6.07, 6.45) is 3.86. The van der Waals surface area contributed by atoms with Gasteiger partial charge < -0.3 is 5.11 Å². The van der Waals surface area contributed by atoms with Gasteiger partial charge >= 0.3 is 5.97 Å². The van der Waals surface area contributed by atoms with Gasteiger partial charge in [-0.2, -0.15) is 11.8 Å². The van der Waals surface area contributed by atoms with Crippen LogP contribution >= 0.6 is 11.8 Å². The van der Waals surface area contributed by atoms with Crippen LogP contribution < -0.4 is 0 Å². The number of piperidine rings is 1. The molecule has 0 aromatic carbocycles. The van der Waals surface area contributed by atoms with Crippen molar-refractivity contribution < 1.29 is 9.90 Å². The van der Waals surface area contributed by atoms with Gasteiger partial charge in [-0.15, -0.1) is 0 Å². The van der Waals surface area contributed by atoms with Gasteiger partial charge in [0.15, 0.2) is 0 Å². The number of aliphatic carboxylic acids is 1. The van der Waals surface area contributed by atoms with Gasteiger partial charge in [0.25, 0.3) is 0 Å². The van der Waals surface area contributed by atoms with Crippen molar-refractivity contribution in [2.24, 2.45) is 0 Å². The Bertz CT molecular complexity index is 218. The minimum atomic E-state index is -0.645. The molecule has 4 heteroatoms. The smallest absolute Gasteiger partial charge is 0.304 e. The summed E-state index contributed by atoms with van der Waals surface area (Å²) in [4.78, 5) is 13.1. The highest BCUT2D eigenvalue weighted by molar-refractivity contribution is 8.00. The standard InChI is InChI=1S/C10H17NO2S/c12-10(13)5-8-3-1-2-4-11(8)9-6-14-7-9/h8-9H,1-7H2,(H,12,13). The molecule has 0 spiro atoms. The minimum absolute atomic E-state index is 0.312. The number of carbonyl (C=O) groups is 1. The van der Waals surface area contributed by atoms with Crippen LogP contribution in [-0.2, 0) is 4.79 Å². The van der Waals surface area contributed by atoms with Gasteiger partial charge in [0, 0.05) is 23.6 Å². The molecule has 3 nitrogen and oxygen atoms in total. The summed E-state index contributed by atoms with van der Waals surface area (Å²) in [5.41, 5.74) is 0. The van der Waals surface area contributed by atoms with Crippen LogP contribution in [0.1, 0.15) is 25.7 Å². The van der Waals surface area contributed by atoms with Crippen molar-refractivity contribution in [2.75, 3.05) is 18.1 Å². The van der Waals surface area contributed by atoms with Gasteiger partial charge in [-0.25, -0.2) is 0 Å². The zero-order valence-electron chi connectivity index (χ0n) is 8.32. The van der Waals surface area contributed by atoms with E-state index in [1.54, 1.807) is 0 Å². The number of carboxylic acids is 1. The second kappa shape index (κ2) is 4.53. The molecule has 0 aromatic rings. The summed E-state index contributed by atoms with van der Waals surface area (Å²) in [6, 6.07) is 0.983. The van der Waals surface area contributed by atoms with Crippen LogP contribution in [-0.4, -0.2) is 46.1 Å². The van der Waals surface area contributed by atoms with E-state index >= 15 is 0 Å². The van der Waals surface area contributed by atoms with E-state index in [9.17, 15) is 4.79 Å². The van der Waals surface area contributed by atoms with Gasteiger partial charge in [0.05, 0.1) is 6.42 Å². The first-order chi connectivity index (χ1) is 6.77. The van der Waals surface area contributed by atoms with Crippen LogP contribution in [0.3, 0.4) is 0 Å². The van der Waals surface area contributed by atoms with Crippen LogP contribution in [0.4, 0.5) is 0 Å². The lowest BCUT2D eigenvalue weighted by atomic mass is 9.97. The average Bonchev–Trinajstić information content (AvgIpc) is 2.04. The molecule has 2 rings (SSSR count). The molecule has 0 radical (unpaired) electrons. The number of hydrogen-bond donors (Lipinski definition) is 1. The molecule has 0 saturated carbocycles. The lowest BCUT2D eigenvalue weighted by molar-refractivity contribution is -0.139. The fourth-order valence-electron chi connectivity index (χ4n) is 2.34. The van der Waals surface area contributed by atoms with Gasteiger partial charge in [-0.1, -0.05) is 6.42 Å². The second-order valence-corrected chi connectivity index (χ2v) is 5.25. The van der Waals surface area contributed by atoms with Crippen LogP contribution in [0, 0.1) is 0 Å². The van der Waals surface area contributed by atoms with Crippen molar-refractivity contribution in [2.45, 2.75) is 37.8 Å². The van der Waals surface area contributed by atoms with E-state index in [2.05, 4.69) is 4.90 Å². The maximum Gasteiger partial charge on any atom is 0.304 e. The molecule has 0 aliphatic carbocycles. The Hall–Kier alpha value is -0.220. The van der Waals surface area contributed by atoms with Crippen molar-refractivity contribution in [3.05, 3.63) is 0 Å². The quantitative estimate of drug-likeness (QED) is 0.773. The Morgan fingerprint density at radius 2 is 2.21 bits per heavy atom. The van der Waals surface area contributed by atoms with Crippen LogP contribution in [0.5, 0.6) is 0 Å². The Kier molecular flexibility index (Phi) is 3.34. The first kappa shape index (κ1) is 10.3. The Morgan fingerprint density at radius 3 is 2.79 bits per heavy atom. The first-order valence-electron chi connectivity index (χ1n) is 5.32. The van der Waals surface area contributed by atoms with Crippen molar-refractivity contribution in [3.63, 3.8) is 0 Å². The van der Waals surface area contributed by atoms with E-state index < -0.39 is 5.97 Å². The largest absolute Gasteiger partial charge is 0.481 e. The molecule has 0 bridgehead atoms. The highest BCUT2D eigenvalue weighted by Gasteiger charge is 2.33. The van der Waals surface area contributed by atoms with Crippen LogP contribution in [0.25, 0.3) is 0 Å². The summed E-state index contributed by atoms with van der Waals surface area (Å²) in [7, 11) is 0. The third-order valence-corrected chi connectivity index (χ3v) is 4.41. The average molecular weight is 215 g/mol. The van der Waals surface area contributed by atoms with Crippen molar-refractivity contribution >= 4 is 17.7 Å². The molecule has 2 aliphatic rings. The number of hydrogen-bond acceptors (Lipinski definition) is 3. The fourth-order valence-corrected chi connectivity index (χ4v) is 3.17. The van der Waals surface area contributed by atoms with Gasteiger partial charge in [-0.05, 0) is 19.4 Å². The van der Waals surface area contributed by atoms with Gasteiger partial charge in [0.1, 0.15) is 0 Å². The normalized spacial score (nSPS) is 29.9. The van der Waals surface area contributed by atoms with Crippen molar-refractivity contribution in [1.29, 1.82) is 0 Å². The van der Waals surface area contributed by atoms with Gasteiger partial charge in [-0.3, -0.25) is 9.69 Å². The summed E-state index contributed by atoms with van der Waals surface area (Å²) >= 11 is 1.97. The Morgan fingerprint density at radius 1 is 1.43 bits per heavy atom. The summed E-state index contributed by atoms with van der Waals surface area (Å²) < 4.78 is 0. The Labute approximate surface area is 88.9 Å². The van der Waals surface area contributed by atoms with Crippen LogP contribution in [0.15, 0.2) is 0 Å². The molecule has 14 heavy (non-hydrogen) atoms. The molecule has 80 valence electrons. The predicted octanol–water partition coefficient (Wildman–Crippen LogP) is 1.43. The van der Waals surface area contributed by atoms with E-state index in [1.165, 1.54) is 24.3 Å². The SMILES string of the molecule is O=C(O)CC1CCCCN1C1CSC1. The number of carboxylic acid groups (broad SMARTS) is 1. The third-order valence-electron chi connectivity index (χ3n) is 3.17. The van der Waals surface area contributed by atoms with E-state index in [1.807, 2.05) is 11.8 Å². The molecule has 1 unspecified atom stereocenters. The molecular formula is C10H17NO2S. The Balaban J connectivity index is 1.92. The van der Waals surface area contributed by atoms with E-state index in [0.717, 1.165) is 13.0 Å². The lowest BCUT2D eigenvalue weighted by Gasteiger charge is -2.44. The van der Waals surface area contributed by atoms with Gasteiger partial charge in [0.2, 0.25) is 0 Å². The molecule has 2 aliphatic heterocycles. The number of likely N-dealkylation sites (tertiary alicyclic amines) is 1. The maximum absolute atomic E-state index is 10.7. The molecule has 0 aromatic heterocycles. The van der Waals surface area contributed by atoms with E-state index in [4.69, 9.17) is 5.11 Å². The van der Waals surface area contributed by atoms with E-state index in [0.29, 0.717) is 18.5 Å². The number of thioether (sulfide) groups is 1. The van der Waals surface area contributed by atoms with Crippen LogP contribution in [0.2, 0.25) is 0 Å². The molecule has 2 saturated heterocycles. The molecular weight excluding hydrogens is 198 g/mol. The first-order valence-corrected chi connectivity index (χ1v) is 6.48. The molecule has 2 fully saturated rings. The number of nitrogens with zero attached hydrogens (tertiary/aromatic N) is 1. The highest BCUT2D eigenvalue weighted by atomic mass is 32.2. The topological polar surface area (TPSA) is 40.5 Å². The predicted molar refractivity (Wildman–Crippen MR) is 57.7 cm³/mol. The highest BCUT2D eigenvalue weighted by Crippen LogP contribution is 2.30. The third kappa shape index (κ3) is 2.23. The monoisotopic (exact) mass is 215 g/mol. The molecule has 1 N–H and O–H groups in total. The fraction of sp³-hybridized carbons (Fsp3) is 0.900. The van der Waals surface area contributed by atoms with E-state index in [-0.39, 0.29) is 0 Å². The second-order valence-electron chi connectivity index (χ2n) is 4.18. The zero-order chi connectivity index (χ0) is 9.97. The van der Waals surface area contributed by atoms with Crippen molar-refractivity contribution in [1.82, 2.24) is 4.90 Å². The summed E-state index contributed by atoms with van der Waals surface area (Å²) in [5.74, 6) is 1.76. The number of rotatable bonds is 3. The van der Waals surface area contributed by atoms with Crippen molar-refractivity contribution in [3.8, 4) is 0 Å². The molecule has 0 amide bonds. The molecule has 1 atom stereocenters. The lowest BCUT2D eigenvalue weighted by Crippen LogP contribution is -2.52. The summed E-state index contributed by atoms with van der Waals surface area (Å²) in [5, 5.41) is 8.82. The zero-order valence-corrected chi connectivity index (χ0v) is 9.13. The summed E-state index contributed by atoms with van der Waals surface area (Å²) in [6.45, 7) is 1.11.